The molecule has 0 amide bonds. The molecule has 1 aliphatic carbocycles. The number of carboxylic acid groups (broad SMARTS) is 1. The lowest BCUT2D eigenvalue weighted by atomic mass is 9.74. The van der Waals surface area contributed by atoms with Crippen molar-refractivity contribution in [2.75, 3.05) is 0 Å². The number of allylic oxidation sites excluding steroid dienone is 1. The summed E-state index contributed by atoms with van der Waals surface area (Å²) in [6.07, 6.45) is 0.934. The lowest BCUT2D eigenvalue weighted by molar-refractivity contribution is -0.164. The fraction of sp³-hybridized carbons (Fsp3) is 0.700. The van der Waals surface area contributed by atoms with E-state index >= 15 is 0 Å². The lowest BCUT2D eigenvalue weighted by Gasteiger charge is -2.35. The summed E-state index contributed by atoms with van der Waals surface area (Å²) in [6.45, 7) is 5.66. The first-order chi connectivity index (χ1) is 5.88. The number of carbonyl (C=O) groups is 1. The van der Waals surface area contributed by atoms with Gasteiger partial charge in [-0.25, -0.2) is 4.79 Å². The van der Waals surface area contributed by atoms with Gasteiger partial charge in [0.1, 0.15) is 0 Å². The van der Waals surface area contributed by atoms with Gasteiger partial charge >= 0.3 is 5.97 Å². The molecule has 0 unspecified atom stereocenters. The smallest absolute Gasteiger partial charge is 0.336 e. The summed E-state index contributed by atoms with van der Waals surface area (Å²) in [5.41, 5.74) is 0.658. The zero-order valence-corrected chi connectivity index (χ0v) is 8.29. The van der Waals surface area contributed by atoms with Crippen LogP contribution >= 0.6 is 0 Å². The number of aliphatic carboxylic acids is 1. The first-order valence-corrected chi connectivity index (χ1v) is 4.49. The molecule has 0 aromatic carbocycles. The Hall–Kier alpha value is -0.830. The number of aliphatic hydroxyl groups is 1. The summed E-state index contributed by atoms with van der Waals surface area (Å²) < 4.78 is 0. The van der Waals surface area contributed by atoms with Gasteiger partial charge in [-0.1, -0.05) is 18.1 Å². The van der Waals surface area contributed by atoms with Crippen molar-refractivity contribution in [1.82, 2.24) is 0 Å². The first kappa shape index (κ1) is 10.3. The molecule has 0 aliphatic heterocycles. The fourth-order valence-electron chi connectivity index (χ4n) is 1.82. The summed E-state index contributed by atoms with van der Waals surface area (Å²) in [4.78, 5) is 10.9. The zero-order valence-electron chi connectivity index (χ0n) is 8.29. The molecular weight excluding hydrogens is 168 g/mol. The van der Waals surface area contributed by atoms with Crippen LogP contribution < -0.4 is 0 Å². The summed E-state index contributed by atoms with van der Waals surface area (Å²) in [6, 6.07) is 0. The van der Waals surface area contributed by atoms with Gasteiger partial charge in [-0.05, 0) is 26.2 Å². The van der Waals surface area contributed by atoms with E-state index in [9.17, 15) is 9.90 Å². The van der Waals surface area contributed by atoms with Crippen LogP contribution in [0.4, 0.5) is 0 Å². The molecule has 0 saturated carbocycles. The molecule has 0 radical (unpaired) electrons. The second-order valence-corrected chi connectivity index (χ2v) is 4.07. The largest absolute Gasteiger partial charge is 0.479 e. The van der Waals surface area contributed by atoms with Gasteiger partial charge in [-0.2, -0.15) is 0 Å². The highest BCUT2D eigenvalue weighted by atomic mass is 16.4. The molecule has 1 rings (SSSR count). The van der Waals surface area contributed by atoms with Crippen molar-refractivity contribution in [3.05, 3.63) is 11.1 Å². The minimum absolute atomic E-state index is 0.200. The molecule has 74 valence electrons. The monoisotopic (exact) mass is 184 g/mol. The second-order valence-electron chi connectivity index (χ2n) is 4.07. The van der Waals surface area contributed by atoms with Crippen LogP contribution in [-0.4, -0.2) is 21.8 Å². The van der Waals surface area contributed by atoms with E-state index in [1.54, 1.807) is 6.92 Å². The SMILES string of the molecule is CC1=C(C)C[C@@](O)(C(=O)O)[C@@H](C)C1. The van der Waals surface area contributed by atoms with E-state index in [0.29, 0.717) is 6.42 Å². The molecule has 2 atom stereocenters. The van der Waals surface area contributed by atoms with Crippen LogP contribution in [0.25, 0.3) is 0 Å². The summed E-state index contributed by atoms with van der Waals surface area (Å²) in [5, 5.41) is 18.8. The van der Waals surface area contributed by atoms with Gasteiger partial charge in [-0.15, -0.1) is 0 Å². The number of rotatable bonds is 1. The minimum Gasteiger partial charge on any atom is -0.479 e. The molecule has 0 bridgehead atoms. The molecule has 3 nitrogen and oxygen atoms in total. The van der Waals surface area contributed by atoms with Gasteiger partial charge in [0, 0.05) is 6.42 Å². The van der Waals surface area contributed by atoms with Gasteiger partial charge in [0.25, 0.3) is 0 Å². The van der Waals surface area contributed by atoms with Crippen LogP contribution in [0.1, 0.15) is 33.6 Å². The van der Waals surface area contributed by atoms with E-state index < -0.39 is 11.6 Å². The van der Waals surface area contributed by atoms with Crippen molar-refractivity contribution in [2.45, 2.75) is 39.2 Å². The van der Waals surface area contributed by atoms with E-state index in [4.69, 9.17) is 5.11 Å². The topological polar surface area (TPSA) is 57.5 Å². The summed E-state index contributed by atoms with van der Waals surface area (Å²) in [5.74, 6) is -1.31. The Kier molecular flexibility index (Phi) is 2.48. The van der Waals surface area contributed by atoms with Crippen molar-refractivity contribution in [2.24, 2.45) is 5.92 Å². The van der Waals surface area contributed by atoms with Crippen molar-refractivity contribution >= 4 is 5.97 Å². The Balaban J connectivity index is 2.99. The van der Waals surface area contributed by atoms with E-state index in [1.807, 2.05) is 13.8 Å². The Morgan fingerprint density at radius 2 is 2.00 bits per heavy atom. The molecule has 0 fully saturated rings. The fourth-order valence-corrected chi connectivity index (χ4v) is 1.82. The van der Waals surface area contributed by atoms with Gasteiger partial charge in [0.05, 0.1) is 0 Å². The van der Waals surface area contributed by atoms with E-state index in [0.717, 1.165) is 5.57 Å². The molecule has 1 aliphatic rings. The third-order valence-electron chi connectivity index (χ3n) is 3.06. The maximum atomic E-state index is 10.9. The highest BCUT2D eigenvalue weighted by Gasteiger charge is 2.44. The van der Waals surface area contributed by atoms with Crippen LogP contribution in [-0.2, 0) is 4.79 Å². The highest BCUT2D eigenvalue weighted by Crippen LogP contribution is 2.36. The Labute approximate surface area is 78.1 Å². The molecular formula is C10H16O3. The van der Waals surface area contributed by atoms with Crippen molar-refractivity contribution in [3.8, 4) is 0 Å². The maximum absolute atomic E-state index is 10.9. The average Bonchev–Trinajstić information content (AvgIpc) is 2.01. The van der Waals surface area contributed by atoms with E-state index in [2.05, 4.69) is 0 Å². The zero-order chi connectivity index (χ0) is 10.2. The predicted molar refractivity (Wildman–Crippen MR) is 49.4 cm³/mol. The van der Waals surface area contributed by atoms with Crippen LogP contribution in [0.2, 0.25) is 0 Å². The van der Waals surface area contributed by atoms with Crippen LogP contribution in [0.15, 0.2) is 11.1 Å². The van der Waals surface area contributed by atoms with E-state index in [-0.39, 0.29) is 12.3 Å². The molecule has 2 N–H and O–H groups in total. The van der Waals surface area contributed by atoms with Crippen LogP contribution in [0.5, 0.6) is 0 Å². The van der Waals surface area contributed by atoms with Crippen molar-refractivity contribution in [3.63, 3.8) is 0 Å². The lowest BCUT2D eigenvalue weighted by Crippen LogP contribution is -2.47. The van der Waals surface area contributed by atoms with Crippen LogP contribution in [0.3, 0.4) is 0 Å². The number of hydrogen-bond donors (Lipinski definition) is 2. The second kappa shape index (κ2) is 3.14. The highest BCUT2D eigenvalue weighted by molar-refractivity contribution is 5.78. The molecule has 3 heteroatoms. The van der Waals surface area contributed by atoms with Gasteiger partial charge < -0.3 is 10.2 Å². The van der Waals surface area contributed by atoms with Crippen LogP contribution in [0, 0.1) is 5.92 Å². The molecule has 13 heavy (non-hydrogen) atoms. The Bertz CT molecular complexity index is 267. The van der Waals surface area contributed by atoms with Gasteiger partial charge in [-0.3, -0.25) is 0 Å². The molecule has 0 aromatic rings. The minimum atomic E-state index is -1.55. The summed E-state index contributed by atoms with van der Waals surface area (Å²) in [7, 11) is 0. The Morgan fingerprint density at radius 1 is 1.46 bits per heavy atom. The third-order valence-corrected chi connectivity index (χ3v) is 3.06. The van der Waals surface area contributed by atoms with Crippen molar-refractivity contribution in [1.29, 1.82) is 0 Å². The standard InChI is InChI=1S/C10H16O3/c1-6-4-8(3)10(13,9(11)12)5-7(6)2/h8,13H,4-5H2,1-3H3,(H,11,12)/t8-,10-/m0/s1. The van der Waals surface area contributed by atoms with E-state index in [1.165, 1.54) is 5.57 Å². The summed E-state index contributed by atoms with van der Waals surface area (Å²) >= 11 is 0. The average molecular weight is 184 g/mol. The number of hydrogen-bond acceptors (Lipinski definition) is 2. The molecule has 0 heterocycles. The quantitative estimate of drug-likeness (QED) is 0.608. The molecule has 0 saturated heterocycles. The van der Waals surface area contributed by atoms with Gasteiger partial charge in [0.2, 0.25) is 0 Å². The molecule has 0 aromatic heterocycles. The Morgan fingerprint density at radius 3 is 2.46 bits per heavy atom. The van der Waals surface area contributed by atoms with Gasteiger partial charge in [0.15, 0.2) is 5.60 Å². The maximum Gasteiger partial charge on any atom is 0.336 e. The normalized spacial score (nSPS) is 34.9. The third kappa shape index (κ3) is 1.61. The number of carboxylic acids is 1. The molecule has 0 spiro atoms. The first-order valence-electron chi connectivity index (χ1n) is 4.49. The predicted octanol–water partition coefficient (Wildman–Crippen LogP) is 1.57. The van der Waals surface area contributed by atoms with Crippen molar-refractivity contribution < 1.29 is 15.0 Å².